The van der Waals surface area contributed by atoms with Gasteiger partial charge < -0.3 is 9.47 Å². The van der Waals surface area contributed by atoms with E-state index in [-0.39, 0.29) is 29.1 Å². The summed E-state index contributed by atoms with van der Waals surface area (Å²) in [7, 11) is 1.57. The van der Waals surface area contributed by atoms with Gasteiger partial charge in [0, 0.05) is 15.5 Å². The first-order valence-electron chi connectivity index (χ1n) is 10.8. The van der Waals surface area contributed by atoms with E-state index < -0.39 is 29.6 Å². The number of carbonyl (C=O) groups excluding carboxylic acids is 1. The molecule has 0 amide bonds. The van der Waals surface area contributed by atoms with Crippen molar-refractivity contribution in [1.82, 2.24) is 9.13 Å². The predicted molar refractivity (Wildman–Crippen MR) is 134 cm³/mol. The average Bonchev–Trinajstić information content (AvgIpc) is 3.18. The van der Waals surface area contributed by atoms with Gasteiger partial charge in [-0.1, -0.05) is 17.7 Å². The summed E-state index contributed by atoms with van der Waals surface area (Å²) in [5, 5.41) is 0.425. The van der Waals surface area contributed by atoms with Crippen molar-refractivity contribution in [2.75, 3.05) is 13.7 Å². The minimum atomic E-state index is -0.752. The molecule has 4 rings (SSSR count). The normalized spacial score (nSPS) is 11.1. The molecule has 0 saturated heterocycles. The number of ether oxygens (including phenoxy) is 2. The van der Waals surface area contributed by atoms with Crippen molar-refractivity contribution in [2.45, 2.75) is 26.9 Å². The highest BCUT2D eigenvalue weighted by molar-refractivity contribution is 7.22. The molecule has 2 heterocycles. The fourth-order valence-corrected chi connectivity index (χ4v) is 5.39. The lowest BCUT2D eigenvalue weighted by molar-refractivity contribution is -0.143. The molecule has 7 nitrogen and oxygen atoms in total. The maximum atomic E-state index is 14.6. The van der Waals surface area contributed by atoms with Crippen LogP contribution >= 0.6 is 22.9 Å². The molecule has 182 valence electrons. The van der Waals surface area contributed by atoms with E-state index in [2.05, 4.69) is 0 Å². The fourth-order valence-electron chi connectivity index (χ4n) is 3.87. The monoisotopic (exact) mass is 516 g/mol. The van der Waals surface area contributed by atoms with Gasteiger partial charge in [-0.3, -0.25) is 14.2 Å². The lowest BCUT2D eigenvalue weighted by Gasteiger charge is -2.13. The Kier molecular flexibility index (Phi) is 7.09. The van der Waals surface area contributed by atoms with Crippen molar-refractivity contribution >= 4 is 39.1 Å². The number of aryl methyl sites for hydroxylation is 1. The van der Waals surface area contributed by atoms with Gasteiger partial charge in [0.1, 0.15) is 22.9 Å². The summed E-state index contributed by atoms with van der Waals surface area (Å²) < 4.78 is 26.9. The van der Waals surface area contributed by atoms with Crippen LogP contribution < -0.4 is 16.0 Å². The molecule has 0 N–H and O–H groups in total. The van der Waals surface area contributed by atoms with E-state index in [1.807, 2.05) is 12.1 Å². The summed E-state index contributed by atoms with van der Waals surface area (Å²) in [5.74, 6) is -0.621. The van der Waals surface area contributed by atoms with Crippen molar-refractivity contribution in [2.24, 2.45) is 0 Å². The van der Waals surface area contributed by atoms with E-state index in [1.165, 1.54) is 34.1 Å². The molecule has 0 radical (unpaired) electrons. The van der Waals surface area contributed by atoms with Crippen LogP contribution in [0.5, 0.6) is 5.75 Å². The molecule has 4 aromatic rings. The molecule has 0 fully saturated rings. The third kappa shape index (κ3) is 4.61. The van der Waals surface area contributed by atoms with Gasteiger partial charge in [0.2, 0.25) is 0 Å². The standard InChI is InChI=1S/C25H22ClFN2O5S/c1-4-34-20(30)13-28-23(31)21-14(2)22(15-8-10-16(33-3)11-9-15)35-24(21)29(25(28)32)12-17-18(26)6-5-7-19(17)27/h5-11H,4,12-13H2,1-3H3. The van der Waals surface area contributed by atoms with E-state index in [0.717, 1.165) is 15.0 Å². The zero-order valence-electron chi connectivity index (χ0n) is 19.3. The highest BCUT2D eigenvalue weighted by atomic mass is 35.5. The molecule has 0 bridgehead atoms. The molecule has 0 saturated carbocycles. The van der Waals surface area contributed by atoms with E-state index in [4.69, 9.17) is 21.1 Å². The highest BCUT2D eigenvalue weighted by Crippen LogP contribution is 2.37. The molecule has 10 heteroatoms. The SMILES string of the molecule is CCOC(=O)Cn1c(=O)c2c(C)c(-c3ccc(OC)cc3)sc2n(Cc2c(F)cccc2Cl)c1=O. The molecular formula is C25H22ClFN2O5S. The van der Waals surface area contributed by atoms with Crippen LogP contribution in [-0.2, 0) is 22.6 Å². The first-order chi connectivity index (χ1) is 16.8. The Morgan fingerprint density at radius 2 is 1.83 bits per heavy atom. The zero-order chi connectivity index (χ0) is 25.3. The number of rotatable bonds is 7. The Morgan fingerprint density at radius 3 is 2.46 bits per heavy atom. The van der Waals surface area contributed by atoms with E-state index >= 15 is 0 Å². The second-order valence-electron chi connectivity index (χ2n) is 7.73. The summed E-state index contributed by atoms with van der Waals surface area (Å²) in [6.07, 6.45) is 0. The van der Waals surface area contributed by atoms with Crippen LogP contribution in [0.1, 0.15) is 18.1 Å². The number of benzene rings is 2. The van der Waals surface area contributed by atoms with Crippen LogP contribution in [0.3, 0.4) is 0 Å². The summed E-state index contributed by atoms with van der Waals surface area (Å²) >= 11 is 7.48. The van der Waals surface area contributed by atoms with Crippen molar-refractivity contribution in [3.63, 3.8) is 0 Å². The van der Waals surface area contributed by atoms with Crippen LogP contribution in [0, 0.1) is 12.7 Å². The number of fused-ring (bicyclic) bond motifs is 1. The minimum absolute atomic E-state index is 0.105. The van der Waals surface area contributed by atoms with E-state index in [0.29, 0.717) is 16.1 Å². The Balaban J connectivity index is 2.00. The summed E-state index contributed by atoms with van der Waals surface area (Å²) in [5.41, 5.74) is 0.214. The van der Waals surface area contributed by atoms with Gasteiger partial charge in [0.05, 0.1) is 25.6 Å². The summed E-state index contributed by atoms with van der Waals surface area (Å²) in [6, 6.07) is 11.5. The largest absolute Gasteiger partial charge is 0.497 e. The van der Waals surface area contributed by atoms with Crippen molar-refractivity contribution in [1.29, 1.82) is 0 Å². The Labute approximate surface area is 208 Å². The van der Waals surface area contributed by atoms with Gasteiger partial charge >= 0.3 is 11.7 Å². The summed E-state index contributed by atoms with van der Waals surface area (Å²) in [4.78, 5) is 40.2. The van der Waals surface area contributed by atoms with Gasteiger partial charge in [-0.25, -0.2) is 13.8 Å². The molecule has 0 aliphatic rings. The van der Waals surface area contributed by atoms with Crippen molar-refractivity contribution in [3.8, 4) is 16.2 Å². The number of aromatic nitrogens is 2. The molecule has 0 aliphatic heterocycles. The minimum Gasteiger partial charge on any atom is -0.497 e. The molecule has 2 aromatic heterocycles. The van der Waals surface area contributed by atoms with Gasteiger partial charge in [0.15, 0.2) is 0 Å². The number of esters is 1. The van der Waals surface area contributed by atoms with Gasteiger partial charge in [0.25, 0.3) is 5.56 Å². The second-order valence-corrected chi connectivity index (χ2v) is 9.14. The van der Waals surface area contributed by atoms with Crippen LogP contribution in [0.25, 0.3) is 20.7 Å². The van der Waals surface area contributed by atoms with Gasteiger partial charge in [-0.15, -0.1) is 11.3 Å². The van der Waals surface area contributed by atoms with Crippen LogP contribution in [0.2, 0.25) is 5.02 Å². The average molecular weight is 517 g/mol. The van der Waals surface area contributed by atoms with Crippen LogP contribution in [-0.4, -0.2) is 28.8 Å². The van der Waals surface area contributed by atoms with Crippen LogP contribution in [0.15, 0.2) is 52.1 Å². The van der Waals surface area contributed by atoms with Crippen molar-refractivity contribution in [3.05, 3.63) is 85.3 Å². The Morgan fingerprint density at radius 1 is 1.11 bits per heavy atom. The first-order valence-corrected chi connectivity index (χ1v) is 12.0. The third-order valence-electron chi connectivity index (χ3n) is 5.62. The van der Waals surface area contributed by atoms with Gasteiger partial charge in [-0.2, -0.15) is 0 Å². The molecule has 35 heavy (non-hydrogen) atoms. The number of carbonyl (C=O) groups is 1. The maximum absolute atomic E-state index is 14.6. The molecule has 0 aliphatic carbocycles. The first kappa shape index (κ1) is 24.7. The molecule has 0 unspecified atom stereocenters. The quantitative estimate of drug-likeness (QED) is 0.335. The van der Waals surface area contributed by atoms with Crippen molar-refractivity contribution < 1.29 is 18.7 Å². The number of nitrogens with zero attached hydrogens (tertiary/aromatic N) is 2. The highest BCUT2D eigenvalue weighted by Gasteiger charge is 2.23. The van der Waals surface area contributed by atoms with Gasteiger partial charge in [-0.05, 0) is 61.4 Å². The number of methoxy groups -OCH3 is 1. The van der Waals surface area contributed by atoms with E-state index in [1.54, 1.807) is 33.1 Å². The van der Waals surface area contributed by atoms with E-state index in [9.17, 15) is 18.8 Å². The number of thiophene rings is 1. The lowest BCUT2D eigenvalue weighted by Crippen LogP contribution is -2.42. The summed E-state index contributed by atoms with van der Waals surface area (Å²) in [6.45, 7) is 2.74. The lowest BCUT2D eigenvalue weighted by atomic mass is 10.1. The fraction of sp³-hybridized carbons (Fsp3) is 0.240. The van der Waals surface area contributed by atoms with Crippen LogP contribution in [0.4, 0.5) is 4.39 Å². The number of hydrogen-bond donors (Lipinski definition) is 0. The number of halogens is 2. The maximum Gasteiger partial charge on any atom is 0.332 e. The molecule has 2 aromatic carbocycles. The molecule has 0 spiro atoms. The number of hydrogen-bond acceptors (Lipinski definition) is 6. The molecule has 0 atom stereocenters. The second kappa shape index (κ2) is 10.1. The topological polar surface area (TPSA) is 79.5 Å². The Bertz CT molecular complexity index is 1520. The molecular weight excluding hydrogens is 495 g/mol. The smallest absolute Gasteiger partial charge is 0.332 e. The third-order valence-corrected chi connectivity index (χ3v) is 7.33. The Hall–Kier alpha value is -3.43. The zero-order valence-corrected chi connectivity index (χ0v) is 20.8. The predicted octanol–water partition coefficient (Wildman–Crippen LogP) is 4.61.